The fourth-order valence-electron chi connectivity index (χ4n) is 3.53. The van der Waals surface area contributed by atoms with Crippen LogP contribution in [-0.2, 0) is 16.0 Å². The summed E-state index contributed by atoms with van der Waals surface area (Å²) in [5.74, 6) is 7.10. The molecule has 1 aliphatic heterocycles. The van der Waals surface area contributed by atoms with Gasteiger partial charge in [0, 0.05) is 50.4 Å². The van der Waals surface area contributed by atoms with Crippen LogP contribution in [0.15, 0.2) is 12.1 Å². The molecule has 0 spiro atoms. The van der Waals surface area contributed by atoms with Gasteiger partial charge < -0.3 is 0 Å². The van der Waals surface area contributed by atoms with Gasteiger partial charge in [-0.3, -0.25) is 19.4 Å². The standard InChI is InChI=1S/C13H17N3O.C11H14N2O.CH4/c1-5-6-7-8-16(12(4)17)13-14-10(2)9-11(3)15-13;1-7-6-8(2)12-11-10(7)4-5-13(11)9(3)14;/h9H,7-8H2,1-4H3;6H,4-5H2,1-3H3;1H4. The highest BCUT2D eigenvalue weighted by molar-refractivity contribution is 5.92. The highest BCUT2D eigenvalue weighted by Gasteiger charge is 2.25. The molecule has 0 aliphatic carbocycles. The molecule has 3 heterocycles. The molecular formula is C25H35N5O2. The Labute approximate surface area is 192 Å². The van der Waals surface area contributed by atoms with E-state index in [1.165, 1.54) is 18.1 Å². The molecule has 1 aliphatic rings. The van der Waals surface area contributed by atoms with Gasteiger partial charge in [-0.1, -0.05) is 7.43 Å². The van der Waals surface area contributed by atoms with Crippen LogP contribution in [-0.4, -0.2) is 39.9 Å². The maximum atomic E-state index is 11.6. The molecule has 172 valence electrons. The van der Waals surface area contributed by atoms with Crippen molar-refractivity contribution in [3.05, 3.63) is 40.3 Å². The first-order valence-electron chi connectivity index (χ1n) is 10.4. The zero-order valence-corrected chi connectivity index (χ0v) is 19.5. The van der Waals surface area contributed by atoms with Gasteiger partial charge in [-0.15, -0.1) is 11.8 Å². The molecule has 2 aromatic rings. The summed E-state index contributed by atoms with van der Waals surface area (Å²) in [5.41, 5.74) is 5.18. The quantitative estimate of drug-likeness (QED) is 0.676. The lowest BCUT2D eigenvalue weighted by Crippen LogP contribution is -2.31. The van der Waals surface area contributed by atoms with E-state index in [1.54, 1.807) is 23.6 Å². The zero-order chi connectivity index (χ0) is 23.1. The van der Waals surface area contributed by atoms with E-state index < -0.39 is 0 Å². The van der Waals surface area contributed by atoms with Crippen LogP contribution in [0.2, 0.25) is 0 Å². The largest absolute Gasteiger partial charge is 0.296 e. The van der Waals surface area contributed by atoms with Gasteiger partial charge in [0.2, 0.25) is 17.8 Å². The number of anilines is 2. The lowest BCUT2D eigenvalue weighted by atomic mass is 10.1. The molecule has 0 N–H and O–H groups in total. The summed E-state index contributed by atoms with van der Waals surface area (Å²) in [4.78, 5) is 39.2. The third-order valence-corrected chi connectivity index (χ3v) is 4.90. The van der Waals surface area contributed by atoms with Crippen molar-refractivity contribution in [3.63, 3.8) is 0 Å². The number of rotatable bonds is 3. The summed E-state index contributed by atoms with van der Waals surface area (Å²) in [6.45, 7) is 14.0. The van der Waals surface area contributed by atoms with Crippen molar-refractivity contribution in [1.82, 2.24) is 15.0 Å². The SMILES string of the molecule is C.CC#CCCN(C(C)=O)c1nc(C)cc(C)n1.CC(=O)N1CCc2c(C)cc(C)nc21. The number of amides is 2. The fraction of sp³-hybridized carbons (Fsp3) is 0.480. The maximum Gasteiger partial charge on any atom is 0.232 e. The molecule has 0 saturated heterocycles. The summed E-state index contributed by atoms with van der Waals surface area (Å²) in [6.07, 6.45) is 1.57. The van der Waals surface area contributed by atoms with Gasteiger partial charge in [0.05, 0.1) is 0 Å². The van der Waals surface area contributed by atoms with Crippen molar-refractivity contribution in [3.8, 4) is 11.8 Å². The fourth-order valence-corrected chi connectivity index (χ4v) is 3.53. The molecule has 0 radical (unpaired) electrons. The number of carbonyl (C=O) groups excluding carboxylic acids is 2. The van der Waals surface area contributed by atoms with E-state index in [1.807, 2.05) is 26.8 Å². The van der Waals surface area contributed by atoms with Crippen LogP contribution in [0.25, 0.3) is 0 Å². The summed E-state index contributed by atoms with van der Waals surface area (Å²) < 4.78 is 0. The maximum absolute atomic E-state index is 11.6. The van der Waals surface area contributed by atoms with Crippen LogP contribution >= 0.6 is 0 Å². The number of carbonyl (C=O) groups is 2. The minimum atomic E-state index is -0.0621. The minimum Gasteiger partial charge on any atom is -0.296 e. The van der Waals surface area contributed by atoms with Gasteiger partial charge in [0.25, 0.3) is 0 Å². The number of hydrogen-bond acceptors (Lipinski definition) is 5. The van der Waals surface area contributed by atoms with Crippen LogP contribution in [0.1, 0.15) is 62.8 Å². The number of fused-ring (bicyclic) bond motifs is 1. The van der Waals surface area contributed by atoms with Crippen molar-refractivity contribution >= 4 is 23.6 Å². The van der Waals surface area contributed by atoms with Crippen LogP contribution < -0.4 is 9.80 Å². The van der Waals surface area contributed by atoms with E-state index in [2.05, 4.69) is 39.8 Å². The second-order valence-electron chi connectivity index (χ2n) is 7.60. The summed E-state index contributed by atoms with van der Waals surface area (Å²) in [5, 5.41) is 0. The molecule has 2 aromatic heterocycles. The van der Waals surface area contributed by atoms with E-state index in [0.29, 0.717) is 18.9 Å². The molecule has 0 fully saturated rings. The van der Waals surface area contributed by atoms with Crippen molar-refractivity contribution in [2.75, 3.05) is 22.9 Å². The van der Waals surface area contributed by atoms with Crippen molar-refractivity contribution < 1.29 is 9.59 Å². The number of aryl methyl sites for hydroxylation is 4. The number of hydrogen-bond donors (Lipinski definition) is 0. The van der Waals surface area contributed by atoms with E-state index in [9.17, 15) is 9.59 Å². The van der Waals surface area contributed by atoms with Gasteiger partial charge in [0.15, 0.2) is 0 Å². The summed E-state index contributed by atoms with van der Waals surface area (Å²) in [6, 6.07) is 3.95. The van der Waals surface area contributed by atoms with Crippen LogP contribution in [0.5, 0.6) is 0 Å². The molecule has 7 nitrogen and oxygen atoms in total. The van der Waals surface area contributed by atoms with Gasteiger partial charge in [-0.2, -0.15) is 0 Å². The highest BCUT2D eigenvalue weighted by atomic mass is 16.2. The van der Waals surface area contributed by atoms with E-state index in [-0.39, 0.29) is 19.2 Å². The summed E-state index contributed by atoms with van der Waals surface area (Å²) in [7, 11) is 0. The highest BCUT2D eigenvalue weighted by Crippen LogP contribution is 2.28. The second kappa shape index (κ2) is 11.9. The molecule has 7 heteroatoms. The molecule has 0 unspecified atom stereocenters. The predicted octanol–water partition coefficient (Wildman–Crippen LogP) is 4.10. The van der Waals surface area contributed by atoms with Crippen LogP contribution in [0.4, 0.5) is 11.8 Å². The van der Waals surface area contributed by atoms with Crippen molar-refractivity contribution in [2.24, 2.45) is 0 Å². The Kier molecular flexibility index (Phi) is 9.99. The molecule has 0 bridgehead atoms. The van der Waals surface area contributed by atoms with E-state index >= 15 is 0 Å². The van der Waals surface area contributed by atoms with Gasteiger partial charge >= 0.3 is 0 Å². The Hall–Kier alpha value is -3.27. The molecule has 3 rings (SSSR count). The first-order chi connectivity index (χ1) is 14.6. The smallest absolute Gasteiger partial charge is 0.232 e. The molecule has 0 aromatic carbocycles. The zero-order valence-electron chi connectivity index (χ0n) is 19.5. The number of pyridine rings is 1. The molecule has 0 saturated carbocycles. The first kappa shape index (κ1) is 26.8. The average Bonchev–Trinajstić information content (AvgIpc) is 3.09. The van der Waals surface area contributed by atoms with Gasteiger partial charge in [0.1, 0.15) is 5.82 Å². The van der Waals surface area contributed by atoms with Crippen LogP contribution in [0.3, 0.4) is 0 Å². The Bertz CT molecular complexity index is 1020. The number of nitrogens with zero attached hydrogens (tertiary/aromatic N) is 5. The third-order valence-electron chi connectivity index (χ3n) is 4.90. The predicted molar refractivity (Wildman–Crippen MR) is 130 cm³/mol. The minimum absolute atomic E-state index is 0. The lowest BCUT2D eigenvalue weighted by Gasteiger charge is -2.18. The first-order valence-corrected chi connectivity index (χ1v) is 10.4. The third kappa shape index (κ3) is 6.88. The molecule has 32 heavy (non-hydrogen) atoms. The topological polar surface area (TPSA) is 79.3 Å². The monoisotopic (exact) mass is 437 g/mol. The number of aromatic nitrogens is 3. The Morgan fingerprint density at radius 1 is 1.03 bits per heavy atom. The Balaban J connectivity index is 0.000000315. The molecule has 0 atom stereocenters. The average molecular weight is 438 g/mol. The molecule has 2 amide bonds. The van der Waals surface area contributed by atoms with Crippen molar-refractivity contribution in [2.45, 2.75) is 68.7 Å². The normalized spacial score (nSPS) is 11.3. The van der Waals surface area contributed by atoms with E-state index in [0.717, 1.165) is 35.9 Å². The Morgan fingerprint density at radius 3 is 2.16 bits per heavy atom. The molecular weight excluding hydrogens is 402 g/mol. The summed E-state index contributed by atoms with van der Waals surface area (Å²) >= 11 is 0. The van der Waals surface area contributed by atoms with E-state index in [4.69, 9.17) is 0 Å². The Morgan fingerprint density at radius 2 is 1.62 bits per heavy atom. The van der Waals surface area contributed by atoms with Gasteiger partial charge in [-0.25, -0.2) is 15.0 Å². The van der Waals surface area contributed by atoms with Crippen molar-refractivity contribution in [1.29, 1.82) is 0 Å². The van der Waals surface area contributed by atoms with Crippen LogP contribution in [0, 0.1) is 39.5 Å². The lowest BCUT2D eigenvalue weighted by molar-refractivity contribution is -0.117. The second-order valence-corrected chi connectivity index (χ2v) is 7.60. The van der Waals surface area contributed by atoms with Gasteiger partial charge in [-0.05, 0) is 64.3 Å².